The molecule has 76 valence electrons. The van der Waals surface area contributed by atoms with Crippen LogP contribution < -0.4 is 15.2 Å². The van der Waals surface area contributed by atoms with Crippen LogP contribution in [0.25, 0.3) is 0 Å². The van der Waals surface area contributed by atoms with Gasteiger partial charge in [0, 0.05) is 0 Å². The monoisotopic (exact) mass is 215 g/mol. The van der Waals surface area contributed by atoms with Gasteiger partial charge in [-0.25, -0.2) is 0 Å². The quantitative estimate of drug-likeness (QED) is 0.775. The summed E-state index contributed by atoms with van der Waals surface area (Å²) >= 11 is 5.93. The van der Waals surface area contributed by atoms with E-state index in [1.54, 1.807) is 12.1 Å². The van der Waals surface area contributed by atoms with Gasteiger partial charge in [0.15, 0.2) is 11.5 Å². The summed E-state index contributed by atoms with van der Waals surface area (Å²) in [5.74, 6) is 1.12. The Morgan fingerprint density at radius 2 is 2.29 bits per heavy atom. The van der Waals surface area contributed by atoms with Gasteiger partial charge in [-0.3, -0.25) is 0 Å². The number of ether oxygens (including phenoxy) is 2. The molecule has 0 fully saturated rings. The van der Waals surface area contributed by atoms with E-state index in [2.05, 4.69) is 0 Å². The zero-order valence-corrected chi connectivity index (χ0v) is 8.12. The van der Waals surface area contributed by atoms with Crippen molar-refractivity contribution in [2.45, 2.75) is 6.04 Å². The molecular formula is C9H10ClNO3. The molecule has 1 aromatic rings. The zero-order chi connectivity index (χ0) is 10.1. The molecule has 14 heavy (non-hydrogen) atoms. The summed E-state index contributed by atoms with van der Waals surface area (Å²) in [5, 5.41) is 9.34. The predicted octanol–water partition coefficient (Wildman–Crippen LogP) is 1.06. The average Bonchev–Trinajstić information content (AvgIpc) is 2.64. The summed E-state index contributed by atoms with van der Waals surface area (Å²) in [5.41, 5.74) is 6.39. The second-order valence-corrected chi connectivity index (χ2v) is 3.43. The molecule has 0 unspecified atom stereocenters. The Morgan fingerprint density at radius 3 is 3.00 bits per heavy atom. The third-order valence-corrected chi connectivity index (χ3v) is 2.36. The smallest absolute Gasteiger partial charge is 0.231 e. The van der Waals surface area contributed by atoms with Gasteiger partial charge in [-0.05, 0) is 17.7 Å². The van der Waals surface area contributed by atoms with E-state index >= 15 is 0 Å². The van der Waals surface area contributed by atoms with Crippen LogP contribution >= 0.6 is 11.6 Å². The molecule has 1 aromatic carbocycles. The van der Waals surface area contributed by atoms with Crippen LogP contribution in [-0.4, -0.2) is 18.5 Å². The maximum absolute atomic E-state index is 8.89. The number of halogens is 1. The number of aliphatic hydroxyl groups excluding tert-OH is 1. The Labute approximate surface area is 86.2 Å². The lowest BCUT2D eigenvalue weighted by Crippen LogP contribution is -2.14. The van der Waals surface area contributed by atoms with E-state index < -0.39 is 6.04 Å². The summed E-state index contributed by atoms with van der Waals surface area (Å²) < 4.78 is 10.3. The van der Waals surface area contributed by atoms with Crippen LogP contribution in [0.2, 0.25) is 5.02 Å². The van der Waals surface area contributed by atoms with Crippen molar-refractivity contribution in [3.8, 4) is 11.5 Å². The molecule has 3 N–H and O–H groups in total. The lowest BCUT2D eigenvalue weighted by atomic mass is 10.1. The average molecular weight is 216 g/mol. The Morgan fingerprint density at radius 1 is 1.50 bits per heavy atom. The fourth-order valence-electron chi connectivity index (χ4n) is 1.31. The molecule has 0 aliphatic carbocycles. The minimum Gasteiger partial charge on any atom is -0.454 e. The molecule has 0 spiro atoms. The number of nitrogens with two attached hydrogens (primary N) is 1. The van der Waals surface area contributed by atoms with Gasteiger partial charge in [0.2, 0.25) is 6.79 Å². The van der Waals surface area contributed by atoms with Crippen LogP contribution in [0.5, 0.6) is 11.5 Å². The standard InChI is InChI=1S/C9H10ClNO3/c10-6-1-5(7(11)3-12)2-8-9(6)14-4-13-8/h1-2,7,12H,3-4,11H2/t7-/m0/s1. The van der Waals surface area contributed by atoms with Gasteiger partial charge in [0.05, 0.1) is 17.7 Å². The highest BCUT2D eigenvalue weighted by Crippen LogP contribution is 2.40. The second kappa shape index (κ2) is 3.65. The third-order valence-electron chi connectivity index (χ3n) is 2.07. The third kappa shape index (κ3) is 1.52. The number of aliphatic hydroxyl groups is 1. The van der Waals surface area contributed by atoms with Crippen LogP contribution in [0, 0.1) is 0 Å². The molecule has 0 bridgehead atoms. The fraction of sp³-hybridized carbons (Fsp3) is 0.333. The van der Waals surface area contributed by atoms with Gasteiger partial charge >= 0.3 is 0 Å². The maximum atomic E-state index is 8.89. The number of benzene rings is 1. The van der Waals surface area contributed by atoms with E-state index in [1.807, 2.05) is 0 Å². The Hall–Kier alpha value is -0.970. The molecule has 4 nitrogen and oxygen atoms in total. The van der Waals surface area contributed by atoms with Crippen molar-refractivity contribution in [1.82, 2.24) is 0 Å². The van der Waals surface area contributed by atoms with E-state index in [0.29, 0.717) is 16.5 Å². The molecule has 5 heteroatoms. The van der Waals surface area contributed by atoms with Gasteiger partial charge in [-0.2, -0.15) is 0 Å². The first-order valence-electron chi connectivity index (χ1n) is 4.18. The van der Waals surface area contributed by atoms with E-state index in [4.69, 9.17) is 31.9 Å². The Bertz CT molecular complexity index is 356. The summed E-state index contributed by atoms with van der Waals surface area (Å²) in [6.07, 6.45) is 0. The van der Waals surface area contributed by atoms with E-state index in [9.17, 15) is 0 Å². The molecule has 1 atom stereocenters. The highest BCUT2D eigenvalue weighted by atomic mass is 35.5. The lowest BCUT2D eigenvalue weighted by molar-refractivity contribution is 0.174. The SMILES string of the molecule is N[C@@H](CO)c1cc(Cl)c2c(c1)OCO2. The number of hydrogen-bond acceptors (Lipinski definition) is 4. The van der Waals surface area contributed by atoms with Crippen molar-refractivity contribution < 1.29 is 14.6 Å². The summed E-state index contributed by atoms with van der Waals surface area (Å²) in [4.78, 5) is 0. The van der Waals surface area contributed by atoms with Crippen molar-refractivity contribution in [1.29, 1.82) is 0 Å². The van der Waals surface area contributed by atoms with Crippen molar-refractivity contribution in [2.75, 3.05) is 13.4 Å². The molecule has 0 radical (unpaired) electrons. The van der Waals surface area contributed by atoms with E-state index in [0.717, 1.165) is 5.56 Å². The molecule has 1 aliphatic heterocycles. The Kier molecular flexibility index (Phi) is 2.50. The topological polar surface area (TPSA) is 64.7 Å². The first kappa shape index (κ1) is 9.58. The number of rotatable bonds is 2. The molecule has 1 heterocycles. The molecule has 0 aromatic heterocycles. The zero-order valence-electron chi connectivity index (χ0n) is 7.37. The molecule has 0 amide bonds. The maximum Gasteiger partial charge on any atom is 0.231 e. The van der Waals surface area contributed by atoms with Crippen LogP contribution in [-0.2, 0) is 0 Å². The molecule has 2 rings (SSSR count). The first-order chi connectivity index (χ1) is 6.72. The van der Waals surface area contributed by atoms with Crippen molar-refractivity contribution in [3.05, 3.63) is 22.7 Å². The predicted molar refractivity (Wildman–Crippen MR) is 51.6 cm³/mol. The van der Waals surface area contributed by atoms with Crippen LogP contribution in [0.15, 0.2) is 12.1 Å². The molecule has 0 saturated heterocycles. The highest BCUT2D eigenvalue weighted by molar-refractivity contribution is 6.32. The first-order valence-corrected chi connectivity index (χ1v) is 4.55. The van der Waals surface area contributed by atoms with Crippen molar-refractivity contribution in [2.24, 2.45) is 5.73 Å². The van der Waals surface area contributed by atoms with Gasteiger partial charge in [0.1, 0.15) is 0 Å². The minimum absolute atomic E-state index is 0.129. The number of fused-ring (bicyclic) bond motifs is 1. The highest BCUT2D eigenvalue weighted by Gasteiger charge is 2.19. The van der Waals surface area contributed by atoms with Crippen LogP contribution in [0.3, 0.4) is 0 Å². The normalized spacial score (nSPS) is 15.6. The largest absolute Gasteiger partial charge is 0.454 e. The molecule has 1 aliphatic rings. The van der Waals surface area contributed by atoms with E-state index in [1.165, 1.54) is 0 Å². The summed E-state index contributed by atoms with van der Waals surface area (Å²) in [6, 6.07) is 2.97. The van der Waals surface area contributed by atoms with Crippen molar-refractivity contribution in [3.63, 3.8) is 0 Å². The van der Waals surface area contributed by atoms with Gasteiger partial charge in [-0.15, -0.1) is 0 Å². The van der Waals surface area contributed by atoms with Gasteiger partial charge < -0.3 is 20.3 Å². The van der Waals surface area contributed by atoms with Gasteiger partial charge in [0.25, 0.3) is 0 Å². The number of hydrogen-bond donors (Lipinski definition) is 2. The summed E-state index contributed by atoms with van der Waals surface area (Å²) in [6.45, 7) is 0.0445. The second-order valence-electron chi connectivity index (χ2n) is 3.03. The fourth-order valence-corrected chi connectivity index (χ4v) is 1.58. The van der Waals surface area contributed by atoms with E-state index in [-0.39, 0.29) is 13.4 Å². The molecular weight excluding hydrogens is 206 g/mol. The van der Waals surface area contributed by atoms with Crippen molar-refractivity contribution >= 4 is 11.6 Å². The Balaban J connectivity index is 2.41. The molecule has 0 saturated carbocycles. The van der Waals surface area contributed by atoms with Crippen LogP contribution in [0.1, 0.15) is 11.6 Å². The van der Waals surface area contributed by atoms with Crippen LogP contribution in [0.4, 0.5) is 0 Å². The minimum atomic E-state index is -0.443. The van der Waals surface area contributed by atoms with Gasteiger partial charge in [-0.1, -0.05) is 11.6 Å². The lowest BCUT2D eigenvalue weighted by Gasteiger charge is -2.09. The summed E-state index contributed by atoms with van der Waals surface area (Å²) in [7, 11) is 0.